The van der Waals surface area contributed by atoms with Crippen molar-refractivity contribution in [1.82, 2.24) is 0 Å². The van der Waals surface area contributed by atoms with Gasteiger partial charge in [-0.15, -0.1) is 0 Å². The van der Waals surface area contributed by atoms with E-state index in [0.29, 0.717) is 24.1 Å². The summed E-state index contributed by atoms with van der Waals surface area (Å²) in [4.78, 5) is 0. The van der Waals surface area contributed by atoms with Crippen molar-refractivity contribution in [2.75, 3.05) is 5.73 Å². The van der Waals surface area contributed by atoms with Crippen molar-refractivity contribution in [3.05, 3.63) is 29.8 Å². The molecule has 94 valence electrons. The van der Waals surface area contributed by atoms with Crippen molar-refractivity contribution in [3.8, 4) is 0 Å². The Morgan fingerprint density at radius 2 is 1.82 bits per heavy atom. The van der Waals surface area contributed by atoms with E-state index in [-0.39, 0.29) is 0 Å². The van der Waals surface area contributed by atoms with Gasteiger partial charge in [-0.2, -0.15) is 0 Å². The van der Waals surface area contributed by atoms with Crippen molar-refractivity contribution in [3.63, 3.8) is 0 Å². The minimum absolute atomic E-state index is 0.556. The molecular formula is C14H19F2N. The van der Waals surface area contributed by atoms with Gasteiger partial charge in [0, 0.05) is 12.6 Å². The van der Waals surface area contributed by atoms with Crippen molar-refractivity contribution in [2.24, 2.45) is 0 Å². The Morgan fingerprint density at radius 3 is 2.35 bits per heavy atom. The van der Waals surface area contributed by atoms with Gasteiger partial charge in [0.25, 0.3) is 5.92 Å². The quantitative estimate of drug-likeness (QED) is 0.772. The molecule has 1 aromatic carbocycles. The van der Waals surface area contributed by atoms with Crippen LogP contribution in [0.1, 0.15) is 44.6 Å². The first-order valence-electron chi connectivity index (χ1n) is 6.20. The molecule has 1 nitrogen and oxygen atoms in total. The molecule has 1 fully saturated rings. The summed E-state index contributed by atoms with van der Waals surface area (Å²) >= 11 is 0. The van der Waals surface area contributed by atoms with E-state index in [1.807, 2.05) is 0 Å². The van der Waals surface area contributed by atoms with E-state index in [0.717, 1.165) is 26.2 Å². The van der Waals surface area contributed by atoms with Gasteiger partial charge in [-0.3, -0.25) is 0 Å². The number of anilines is 1. The Kier molecular flexibility index (Phi) is 3.11. The molecule has 1 aliphatic rings. The monoisotopic (exact) mass is 239 g/mol. The minimum atomic E-state index is -2.69. The third-order valence-electron chi connectivity index (χ3n) is 3.99. The van der Waals surface area contributed by atoms with Gasteiger partial charge in [0.2, 0.25) is 0 Å². The average molecular weight is 239 g/mol. The predicted molar refractivity (Wildman–Crippen MR) is 66.2 cm³/mol. The standard InChI is InChI=1S/C14H19F2N/c1-13(15,16)14(8-3-2-4-9-14)11-6-5-7-12(17)10-11/h5-7,10H,2-4,8-9,17H2,1H3. The topological polar surface area (TPSA) is 26.0 Å². The highest BCUT2D eigenvalue weighted by atomic mass is 19.3. The number of benzene rings is 1. The molecule has 0 bridgehead atoms. The maximum Gasteiger partial charge on any atom is 0.254 e. The number of hydrogen-bond donors (Lipinski definition) is 1. The molecule has 2 rings (SSSR count). The van der Waals surface area contributed by atoms with Gasteiger partial charge < -0.3 is 5.73 Å². The van der Waals surface area contributed by atoms with Gasteiger partial charge in [0.15, 0.2) is 0 Å². The molecule has 0 heterocycles. The molecule has 1 aliphatic carbocycles. The zero-order chi connectivity index (χ0) is 12.5. The highest BCUT2D eigenvalue weighted by Crippen LogP contribution is 2.49. The first-order chi connectivity index (χ1) is 7.96. The van der Waals surface area contributed by atoms with Gasteiger partial charge >= 0.3 is 0 Å². The SMILES string of the molecule is CC(F)(F)C1(c2cccc(N)c2)CCCCC1. The second-order valence-electron chi connectivity index (χ2n) is 5.16. The fourth-order valence-electron chi connectivity index (χ4n) is 2.97. The molecule has 0 spiro atoms. The van der Waals surface area contributed by atoms with E-state index in [2.05, 4.69) is 0 Å². The smallest absolute Gasteiger partial charge is 0.254 e. The third kappa shape index (κ3) is 2.15. The number of alkyl halides is 2. The van der Waals surface area contributed by atoms with E-state index in [1.165, 1.54) is 0 Å². The largest absolute Gasteiger partial charge is 0.399 e. The summed E-state index contributed by atoms with van der Waals surface area (Å²) in [6, 6.07) is 7.02. The summed E-state index contributed by atoms with van der Waals surface area (Å²) in [5, 5.41) is 0. The van der Waals surface area contributed by atoms with Crippen LogP contribution in [-0.4, -0.2) is 5.92 Å². The highest BCUT2D eigenvalue weighted by Gasteiger charge is 2.51. The maximum absolute atomic E-state index is 14.0. The Balaban J connectivity index is 2.46. The lowest BCUT2D eigenvalue weighted by Crippen LogP contribution is -2.44. The summed E-state index contributed by atoms with van der Waals surface area (Å²) in [5.41, 5.74) is 5.97. The molecule has 0 aromatic heterocycles. The molecule has 0 atom stereocenters. The van der Waals surface area contributed by atoms with Crippen LogP contribution in [0.2, 0.25) is 0 Å². The number of hydrogen-bond acceptors (Lipinski definition) is 1. The molecule has 2 N–H and O–H groups in total. The Labute approximate surface area is 101 Å². The summed E-state index contributed by atoms with van der Waals surface area (Å²) in [5.74, 6) is -2.69. The van der Waals surface area contributed by atoms with Crippen LogP contribution in [0.15, 0.2) is 24.3 Å². The molecular weight excluding hydrogens is 220 g/mol. The van der Waals surface area contributed by atoms with Crippen molar-refractivity contribution in [1.29, 1.82) is 0 Å². The maximum atomic E-state index is 14.0. The van der Waals surface area contributed by atoms with Gasteiger partial charge in [-0.05, 0) is 30.5 Å². The first-order valence-corrected chi connectivity index (χ1v) is 6.20. The number of halogens is 2. The summed E-state index contributed by atoms with van der Waals surface area (Å²) in [7, 11) is 0. The van der Waals surface area contributed by atoms with E-state index < -0.39 is 11.3 Å². The molecule has 0 unspecified atom stereocenters. The van der Waals surface area contributed by atoms with E-state index in [9.17, 15) is 8.78 Å². The summed E-state index contributed by atoms with van der Waals surface area (Å²) in [6.07, 6.45) is 3.91. The zero-order valence-electron chi connectivity index (χ0n) is 10.2. The molecule has 1 aromatic rings. The lowest BCUT2D eigenvalue weighted by Gasteiger charge is -2.42. The summed E-state index contributed by atoms with van der Waals surface area (Å²) < 4.78 is 28.1. The molecule has 0 aliphatic heterocycles. The van der Waals surface area contributed by atoms with Crippen molar-refractivity contribution >= 4 is 5.69 Å². The second-order valence-corrected chi connectivity index (χ2v) is 5.16. The fourth-order valence-corrected chi connectivity index (χ4v) is 2.97. The van der Waals surface area contributed by atoms with E-state index >= 15 is 0 Å². The first kappa shape index (κ1) is 12.3. The zero-order valence-corrected chi connectivity index (χ0v) is 10.2. The molecule has 3 heteroatoms. The highest BCUT2D eigenvalue weighted by molar-refractivity contribution is 5.44. The van der Waals surface area contributed by atoms with Crippen LogP contribution in [0.4, 0.5) is 14.5 Å². The van der Waals surface area contributed by atoms with Crippen LogP contribution in [0.3, 0.4) is 0 Å². The number of nitrogen functional groups attached to an aromatic ring is 1. The Bertz CT molecular complexity index is 389. The lowest BCUT2D eigenvalue weighted by atomic mass is 9.65. The Morgan fingerprint density at radius 1 is 1.18 bits per heavy atom. The van der Waals surface area contributed by atoms with Crippen molar-refractivity contribution < 1.29 is 8.78 Å². The van der Waals surface area contributed by atoms with Gasteiger partial charge in [0.1, 0.15) is 0 Å². The van der Waals surface area contributed by atoms with Crippen LogP contribution in [0.25, 0.3) is 0 Å². The van der Waals surface area contributed by atoms with Crippen LogP contribution < -0.4 is 5.73 Å². The average Bonchev–Trinajstić information content (AvgIpc) is 2.28. The predicted octanol–water partition coefficient (Wildman–Crippen LogP) is 4.13. The van der Waals surface area contributed by atoms with Crippen LogP contribution in [0.5, 0.6) is 0 Å². The molecule has 17 heavy (non-hydrogen) atoms. The third-order valence-corrected chi connectivity index (χ3v) is 3.99. The van der Waals surface area contributed by atoms with Crippen LogP contribution in [-0.2, 0) is 5.41 Å². The molecule has 0 saturated heterocycles. The van der Waals surface area contributed by atoms with Gasteiger partial charge in [-0.1, -0.05) is 31.4 Å². The molecule has 0 amide bonds. The van der Waals surface area contributed by atoms with Gasteiger partial charge in [-0.25, -0.2) is 8.78 Å². The molecule has 0 radical (unpaired) electrons. The summed E-state index contributed by atoms with van der Waals surface area (Å²) in [6.45, 7) is 1.04. The normalized spacial score (nSPS) is 20.2. The number of nitrogens with two attached hydrogens (primary N) is 1. The second kappa shape index (κ2) is 4.28. The fraction of sp³-hybridized carbons (Fsp3) is 0.571. The molecule has 1 saturated carbocycles. The van der Waals surface area contributed by atoms with Gasteiger partial charge in [0.05, 0.1) is 5.41 Å². The van der Waals surface area contributed by atoms with E-state index in [1.54, 1.807) is 24.3 Å². The lowest BCUT2D eigenvalue weighted by molar-refractivity contribution is -0.0777. The van der Waals surface area contributed by atoms with E-state index in [4.69, 9.17) is 5.73 Å². The minimum Gasteiger partial charge on any atom is -0.399 e. The number of rotatable bonds is 2. The van der Waals surface area contributed by atoms with Crippen LogP contribution in [0, 0.1) is 0 Å². The Hall–Kier alpha value is -1.12. The van der Waals surface area contributed by atoms with Crippen LogP contribution >= 0.6 is 0 Å². The van der Waals surface area contributed by atoms with Crippen molar-refractivity contribution in [2.45, 2.75) is 50.4 Å².